The van der Waals surface area contributed by atoms with Gasteiger partial charge in [-0.2, -0.15) is 0 Å². The van der Waals surface area contributed by atoms with E-state index < -0.39 is 0 Å². The number of benzene rings is 1. The van der Waals surface area contributed by atoms with Gasteiger partial charge in [-0.3, -0.25) is 9.79 Å². The Balaban J connectivity index is 0.00000312. The van der Waals surface area contributed by atoms with Crippen LogP contribution >= 0.6 is 35.6 Å². The number of piperidine rings is 1. The maximum Gasteiger partial charge on any atom is 0.226 e. The fourth-order valence-electron chi connectivity index (χ4n) is 2.94. The molecule has 2 N–H and O–H groups in total. The molecule has 140 valence electrons. The quantitative estimate of drug-likeness (QED) is 0.392. The van der Waals surface area contributed by atoms with Crippen molar-refractivity contribution in [1.82, 2.24) is 10.2 Å². The Kier molecular flexibility index (Phi) is 9.56. The second kappa shape index (κ2) is 10.9. The van der Waals surface area contributed by atoms with Crippen LogP contribution in [0.25, 0.3) is 0 Å². The summed E-state index contributed by atoms with van der Waals surface area (Å²) in [4.78, 5) is 18.7. The van der Waals surface area contributed by atoms with Gasteiger partial charge in [-0.05, 0) is 43.4 Å². The SMILES string of the molecule is CN=C(NCCC(=O)Nc1ccc(C)cc1Cl)N1CCCC(C)C1.I. The molecule has 0 aromatic heterocycles. The van der Waals surface area contributed by atoms with Crippen LogP contribution in [0.2, 0.25) is 5.02 Å². The lowest BCUT2D eigenvalue weighted by Gasteiger charge is -2.33. The lowest BCUT2D eigenvalue weighted by atomic mass is 10.0. The van der Waals surface area contributed by atoms with Crippen molar-refractivity contribution >= 4 is 53.1 Å². The monoisotopic (exact) mass is 478 g/mol. The number of guanidine groups is 1. The minimum atomic E-state index is -0.0595. The molecule has 1 aromatic rings. The summed E-state index contributed by atoms with van der Waals surface area (Å²) >= 11 is 6.14. The van der Waals surface area contributed by atoms with Gasteiger partial charge in [0.1, 0.15) is 0 Å². The van der Waals surface area contributed by atoms with E-state index in [1.165, 1.54) is 12.8 Å². The van der Waals surface area contributed by atoms with Crippen LogP contribution in [0.15, 0.2) is 23.2 Å². The molecule has 1 aliphatic heterocycles. The van der Waals surface area contributed by atoms with Crippen LogP contribution in [-0.2, 0) is 4.79 Å². The molecule has 0 bridgehead atoms. The first-order chi connectivity index (χ1) is 11.5. The molecule has 0 radical (unpaired) electrons. The van der Waals surface area contributed by atoms with E-state index in [0.717, 1.165) is 24.6 Å². The van der Waals surface area contributed by atoms with Gasteiger partial charge < -0.3 is 15.5 Å². The fraction of sp³-hybridized carbons (Fsp3) is 0.556. The third kappa shape index (κ3) is 7.01. The van der Waals surface area contributed by atoms with Crippen molar-refractivity contribution in [3.05, 3.63) is 28.8 Å². The van der Waals surface area contributed by atoms with Gasteiger partial charge in [0.25, 0.3) is 0 Å². The van der Waals surface area contributed by atoms with Gasteiger partial charge in [0.15, 0.2) is 5.96 Å². The third-order valence-corrected chi connectivity index (χ3v) is 4.51. The van der Waals surface area contributed by atoms with Crippen molar-refractivity contribution < 1.29 is 4.79 Å². The number of likely N-dealkylation sites (tertiary alicyclic amines) is 1. The average molecular weight is 479 g/mol. The Labute approximate surface area is 172 Å². The molecule has 0 spiro atoms. The van der Waals surface area contributed by atoms with Crippen LogP contribution in [0.4, 0.5) is 5.69 Å². The summed E-state index contributed by atoms with van der Waals surface area (Å²) in [5.41, 5.74) is 1.72. The van der Waals surface area contributed by atoms with Gasteiger partial charge in [-0.25, -0.2) is 0 Å². The summed E-state index contributed by atoms with van der Waals surface area (Å²) in [5, 5.41) is 6.70. The van der Waals surface area contributed by atoms with Crippen LogP contribution in [-0.4, -0.2) is 43.4 Å². The second-order valence-corrected chi connectivity index (χ2v) is 6.86. The number of carbonyl (C=O) groups excluding carboxylic acids is 1. The van der Waals surface area contributed by atoms with E-state index in [1.807, 2.05) is 25.1 Å². The molecular weight excluding hydrogens is 451 g/mol. The first-order valence-electron chi connectivity index (χ1n) is 8.51. The number of nitrogens with zero attached hydrogens (tertiary/aromatic N) is 2. The molecule has 1 unspecified atom stereocenters. The summed E-state index contributed by atoms with van der Waals surface area (Å²) in [6, 6.07) is 5.60. The molecule has 5 nitrogen and oxygen atoms in total. The molecule has 1 aliphatic rings. The van der Waals surface area contributed by atoms with Gasteiger partial charge in [0.2, 0.25) is 5.91 Å². The minimum absolute atomic E-state index is 0. The maximum absolute atomic E-state index is 12.1. The standard InChI is InChI=1S/C18H27ClN4O.HI/c1-13-6-7-16(15(19)11-13)22-17(24)8-9-21-18(20-3)23-10-4-5-14(2)12-23;/h6-7,11,14H,4-5,8-10,12H2,1-3H3,(H,20,21)(H,22,24);1H. The number of nitrogens with one attached hydrogen (secondary N) is 2. The highest BCUT2D eigenvalue weighted by Gasteiger charge is 2.19. The number of rotatable bonds is 4. The summed E-state index contributed by atoms with van der Waals surface area (Å²) < 4.78 is 0. The number of halogens is 2. The highest BCUT2D eigenvalue weighted by atomic mass is 127. The Morgan fingerprint density at radius 2 is 2.20 bits per heavy atom. The Morgan fingerprint density at radius 1 is 1.44 bits per heavy atom. The zero-order chi connectivity index (χ0) is 17.5. The number of amides is 1. The first kappa shape index (κ1) is 22.0. The molecular formula is C18H28ClIN4O. The van der Waals surface area contributed by atoms with Crippen molar-refractivity contribution in [2.75, 3.05) is 32.0 Å². The number of hydrogen-bond acceptors (Lipinski definition) is 2. The Bertz CT molecular complexity index is 609. The van der Waals surface area contributed by atoms with Gasteiger partial charge in [-0.15, -0.1) is 24.0 Å². The number of carbonyl (C=O) groups is 1. The highest BCUT2D eigenvalue weighted by Crippen LogP contribution is 2.22. The summed E-state index contributed by atoms with van der Waals surface area (Å²) in [7, 11) is 1.79. The zero-order valence-corrected chi connectivity index (χ0v) is 18.2. The van der Waals surface area contributed by atoms with Gasteiger partial charge in [0.05, 0.1) is 10.7 Å². The van der Waals surface area contributed by atoms with E-state index in [2.05, 4.69) is 27.4 Å². The number of aryl methyl sites for hydroxylation is 1. The number of anilines is 1. The summed E-state index contributed by atoms with van der Waals surface area (Å²) in [6.45, 7) is 6.82. The zero-order valence-electron chi connectivity index (χ0n) is 15.1. The smallest absolute Gasteiger partial charge is 0.226 e. The molecule has 0 aliphatic carbocycles. The van der Waals surface area contributed by atoms with Crippen molar-refractivity contribution in [3.8, 4) is 0 Å². The average Bonchev–Trinajstić information content (AvgIpc) is 2.54. The van der Waals surface area contributed by atoms with Crippen LogP contribution < -0.4 is 10.6 Å². The lowest BCUT2D eigenvalue weighted by molar-refractivity contribution is -0.116. The molecule has 1 saturated heterocycles. The van der Waals surface area contributed by atoms with Crippen molar-refractivity contribution in [1.29, 1.82) is 0 Å². The second-order valence-electron chi connectivity index (χ2n) is 6.45. The van der Waals surface area contributed by atoms with E-state index in [1.54, 1.807) is 7.05 Å². The molecule has 1 fully saturated rings. The predicted molar refractivity (Wildman–Crippen MR) is 116 cm³/mol. The van der Waals surface area contributed by atoms with E-state index in [4.69, 9.17) is 11.6 Å². The number of hydrogen-bond donors (Lipinski definition) is 2. The molecule has 1 amide bonds. The topological polar surface area (TPSA) is 56.7 Å². The van der Waals surface area contributed by atoms with Gasteiger partial charge in [0, 0.05) is 33.1 Å². The molecule has 1 heterocycles. The number of aliphatic imine (C=N–C) groups is 1. The normalized spacial score (nSPS) is 17.7. The van der Waals surface area contributed by atoms with E-state index >= 15 is 0 Å². The molecule has 1 atom stereocenters. The summed E-state index contributed by atoms with van der Waals surface area (Å²) in [5.74, 6) is 1.50. The van der Waals surface area contributed by atoms with Crippen LogP contribution in [0.1, 0.15) is 31.7 Å². The van der Waals surface area contributed by atoms with E-state index in [-0.39, 0.29) is 29.9 Å². The molecule has 25 heavy (non-hydrogen) atoms. The van der Waals surface area contributed by atoms with Gasteiger partial charge >= 0.3 is 0 Å². The minimum Gasteiger partial charge on any atom is -0.356 e. The molecule has 7 heteroatoms. The molecule has 0 saturated carbocycles. The van der Waals surface area contributed by atoms with Crippen LogP contribution in [0.5, 0.6) is 0 Å². The Hall–Kier alpha value is -1.02. The lowest BCUT2D eigenvalue weighted by Crippen LogP contribution is -2.46. The van der Waals surface area contributed by atoms with Crippen molar-refractivity contribution in [3.63, 3.8) is 0 Å². The van der Waals surface area contributed by atoms with E-state index in [9.17, 15) is 4.79 Å². The van der Waals surface area contributed by atoms with E-state index in [0.29, 0.717) is 29.6 Å². The van der Waals surface area contributed by atoms with Crippen molar-refractivity contribution in [2.24, 2.45) is 10.9 Å². The predicted octanol–water partition coefficient (Wildman–Crippen LogP) is 3.90. The van der Waals surface area contributed by atoms with Crippen LogP contribution in [0.3, 0.4) is 0 Å². The van der Waals surface area contributed by atoms with Crippen LogP contribution in [0, 0.1) is 12.8 Å². The molecule has 1 aromatic carbocycles. The molecule has 2 rings (SSSR count). The van der Waals surface area contributed by atoms with Crippen molar-refractivity contribution in [2.45, 2.75) is 33.1 Å². The maximum atomic E-state index is 12.1. The van der Waals surface area contributed by atoms with Gasteiger partial charge in [-0.1, -0.05) is 24.6 Å². The summed E-state index contributed by atoms with van der Waals surface area (Å²) in [6.07, 6.45) is 2.83. The highest BCUT2D eigenvalue weighted by molar-refractivity contribution is 14.0. The largest absolute Gasteiger partial charge is 0.356 e. The first-order valence-corrected chi connectivity index (χ1v) is 8.89. The fourth-order valence-corrected chi connectivity index (χ4v) is 3.22. The Morgan fingerprint density at radius 3 is 2.84 bits per heavy atom. The third-order valence-electron chi connectivity index (χ3n) is 4.20.